The lowest BCUT2D eigenvalue weighted by atomic mass is 10.1. The lowest BCUT2D eigenvalue weighted by molar-refractivity contribution is 0.274. The molecule has 1 heterocycles. The largest absolute Gasteiger partial charge is 0.315 e. The molecule has 1 fully saturated rings. The fourth-order valence-electron chi connectivity index (χ4n) is 2.66. The smallest absolute Gasteiger partial charge is 0.244 e. The Morgan fingerprint density at radius 1 is 1.52 bits per heavy atom. The van der Waals surface area contributed by atoms with E-state index in [0.717, 1.165) is 25.5 Å². The van der Waals surface area contributed by atoms with Gasteiger partial charge in [0, 0.05) is 19.1 Å². The second-order valence-electron chi connectivity index (χ2n) is 4.93. The van der Waals surface area contributed by atoms with Gasteiger partial charge in [0.2, 0.25) is 10.0 Å². The molecule has 114 valence electrons. The standard InChI is InChI=1S/C14H18FN3O2S/c1-2-18(11-5-4-8-17-10-11)21(19,20)14-7-3-6-13(15)12(14)9-16/h3,6-7,11,17H,2,4-5,8,10H2,1H3. The van der Waals surface area contributed by atoms with Crippen molar-refractivity contribution in [3.05, 3.63) is 29.6 Å². The summed E-state index contributed by atoms with van der Waals surface area (Å²) in [5.41, 5.74) is -0.417. The maximum Gasteiger partial charge on any atom is 0.244 e. The fourth-order valence-corrected chi connectivity index (χ4v) is 4.47. The Labute approximate surface area is 124 Å². The Hall–Kier alpha value is -1.49. The fraction of sp³-hybridized carbons (Fsp3) is 0.500. The molecule has 0 aromatic heterocycles. The third-order valence-corrected chi connectivity index (χ3v) is 5.73. The molecule has 0 amide bonds. The van der Waals surface area contributed by atoms with Gasteiger partial charge in [0.15, 0.2) is 0 Å². The molecular formula is C14H18FN3O2S. The molecule has 0 radical (unpaired) electrons. The Morgan fingerprint density at radius 3 is 2.86 bits per heavy atom. The normalized spacial score (nSPS) is 19.4. The lowest BCUT2D eigenvalue weighted by Crippen LogP contribution is -2.48. The zero-order valence-corrected chi connectivity index (χ0v) is 12.7. The van der Waals surface area contributed by atoms with Crippen LogP contribution in [0.4, 0.5) is 4.39 Å². The van der Waals surface area contributed by atoms with Crippen molar-refractivity contribution in [2.75, 3.05) is 19.6 Å². The van der Waals surface area contributed by atoms with Crippen molar-refractivity contribution < 1.29 is 12.8 Å². The number of halogens is 1. The van der Waals surface area contributed by atoms with Crippen LogP contribution in [0.2, 0.25) is 0 Å². The monoisotopic (exact) mass is 311 g/mol. The van der Waals surface area contributed by atoms with E-state index in [0.29, 0.717) is 6.54 Å². The summed E-state index contributed by atoms with van der Waals surface area (Å²) < 4.78 is 40.6. The summed E-state index contributed by atoms with van der Waals surface area (Å²) in [6.07, 6.45) is 1.65. The zero-order chi connectivity index (χ0) is 15.5. The molecule has 1 aromatic rings. The van der Waals surface area contributed by atoms with Crippen molar-refractivity contribution in [2.24, 2.45) is 0 Å². The topological polar surface area (TPSA) is 73.2 Å². The first-order chi connectivity index (χ1) is 10.0. The molecule has 0 spiro atoms. The molecule has 7 heteroatoms. The molecule has 0 aliphatic carbocycles. The minimum atomic E-state index is -3.89. The van der Waals surface area contributed by atoms with E-state index in [2.05, 4.69) is 5.32 Å². The van der Waals surface area contributed by atoms with Crippen LogP contribution >= 0.6 is 0 Å². The molecule has 1 aliphatic heterocycles. The number of piperidine rings is 1. The van der Waals surface area contributed by atoms with Crippen molar-refractivity contribution in [1.82, 2.24) is 9.62 Å². The van der Waals surface area contributed by atoms with Crippen LogP contribution in [0, 0.1) is 17.1 Å². The Balaban J connectivity index is 2.45. The van der Waals surface area contributed by atoms with Crippen LogP contribution < -0.4 is 5.32 Å². The Kier molecular flexibility index (Phi) is 4.93. The predicted molar refractivity (Wildman–Crippen MR) is 76.6 cm³/mol. The second kappa shape index (κ2) is 6.52. The molecule has 5 nitrogen and oxygen atoms in total. The molecule has 21 heavy (non-hydrogen) atoms. The van der Waals surface area contributed by atoms with E-state index in [-0.39, 0.29) is 17.5 Å². The minimum absolute atomic E-state index is 0.163. The van der Waals surface area contributed by atoms with Crippen LogP contribution in [0.25, 0.3) is 0 Å². The molecule has 0 saturated carbocycles. The van der Waals surface area contributed by atoms with Crippen molar-refractivity contribution >= 4 is 10.0 Å². The van der Waals surface area contributed by atoms with Crippen LogP contribution in [0.1, 0.15) is 25.3 Å². The number of nitrogens with one attached hydrogen (secondary N) is 1. The molecule has 1 unspecified atom stereocenters. The van der Waals surface area contributed by atoms with Gasteiger partial charge in [-0.25, -0.2) is 12.8 Å². The third-order valence-electron chi connectivity index (χ3n) is 3.66. The molecular weight excluding hydrogens is 293 g/mol. The molecule has 1 aliphatic rings. The highest BCUT2D eigenvalue weighted by Gasteiger charge is 2.33. The number of hydrogen-bond donors (Lipinski definition) is 1. The molecule has 1 saturated heterocycles. The van der Waals surface area contributed by atoms with Gasteiger partial charge in [-0.2, -0.15) is 9.57 Å². The summed E-state index contributed by atoms with van der Waals surface area (Å²) in [6.45, 7) is 3.48. The van der Waals surface area contributed by atoms with Gasteiger partial charge in [-0.15, -0.1) is 0 Å². The van der Waals surface area contributed by atoms with Gasteiger partial charge in [-0.3, -0.25) is 0 Å². The van der Waals surface area contributed by atoms with Crippen LogP contribution in [0.15, 0.2) is 23.1 Å². The highest BCUT2D eigenvalue weighted by Crippen LogP contribution is 2.25. The average molecular weight is 311 g/mol. The van der Waals surface area contributed by atoms with Crippen LogP contribution in [0.3, 0.4) is 0 Å². The highest BCUT2D eigenvalue weighted by atomic mass is 32.2. The van der Waals surface area contributed by atoms with Gasteiger partial charge in [-0.05, 0) is 31.5 Å². The van der Waals surface area contributed by atoms with E-state index >= 15 is 0 Å². The first-order valence-electron chi connectivity index (χ1n) is 6.93. The van der Waals surface area contributed by atoms with Crippen molar-refractivity contribution in [2.45, 2.75) is 30.7 Å². The second-order valence-corrected chi connectivity index (χ2v) is 6.79. The average Bonchev–Trinajstić information content (AvgIpc) is 2.48. The van der Waals surface area contributed by atoms with Crippen LogP contribution in [-0.4, -0.2) is 38.4 Å². The Bertz CT molecular complexity index is 649. The SMILES string of the molecule is CCN(C1CCCNC1)S(=O)(=O)c1cccc(F)c1C#N. The van der Waals surface area contributed by atoms with Gasteiger partial charge >= 0.3 is 0 Å². The van der Waals surface area contributed by atoms with E-state index < -0.39 is 21.4 Å². The maximum absolute atomic E-state index is 13.7. The number of nitrogens with zero attached hydrogens (tertiary/aromatic N) is 2. The van der Waals surface area contributed by atoms with Gasteiger partial charge in [-0.1, -0.05) is 13.0 Å². The Morgan fingerprint density at radius 2 is 2.29 bits per heavy atom. The summed E-state index contributed by atoms with van der Waals surface area (Å²) in [7, 11) is -3.89. The van der Waals surface area contributed by atoms with Crippen molar-refractivity contribution in [3.63, 3.8) is 0 Å². The van der Waals surface area contributed by atoms with Crippen molar-refractivity contribution in [1.29, 1.82) is 5.26 Å². The summed E-state index contributed by atoms with van der Waals surface area (Å²) in [5.74, 6) is -0.809. The molecule has 1 N–H and O–H groups in total. The van der Waals surface area contributed by atoms with Gasteiger partial charge in [0.1, 0.15) is 22.3 Å². The number of sulfonamides is 1. The minimum Gasteiger partial charge on any atom is -0.315 e. The number of likely N-dealkylation sites (N-methyl/N-ethyl adjacent to an activating group) is 1. The number of benzene rings is 1. The van der Waals surface area contributed by atoms with E-state index in [1.165, 1.54) is 16.4 Å². The maximum atomic E-state index is 13.7. The summed E-state index contributed by atoms with van der Waals surface area (Å²) >= 11 is 0. The number of rotatable bonds is 4. The van der Waals surface area contributed by atoms with Gasteiger partial charge in [0.25, 0.3) is 0 Å². The molecule has 1 atom stereocenters. The van der Waals surface area contributed by atoms with E-state index in [9.17, 15) is 12.8 Å². The highest BCUT2D eigenvalue weighted by molar-refractivity contribution is 7.89. The predicted octanol–water partition coefficient (Wildman–Crippen LogP) is 1.46. The van der Waals surface area contributed by atoms with Crippen LogP contribution in [0.5, 0.6) is 0 Å². The lowest BCUT2D eigenvalue weighted by Gasteiger charge is -2.33. The van der Waals surface area contributed by atoms with E-state index in [1.807, 2.05) is 0 Å². The first-order valence-corrected chi connectivity index (χ1v) is 8.37. The van der Waals surface area contributed by atoms with Crippen molar-refractivity contribution in [3.8, 4) is 6.07 Å². The summed E-state index contributed by atoms with van der Waals surface area (Å²) in [4.78, 5) is -0.252. The van der Waals surface area contributed by atoms with Gasteiger partial charge in [0.05, 0.1) is 0 Å². The third kappa shape index (κ3) is 3.07. The van der Waals surface area contributed by atoms with Gasteiger partial charge < -0.3 is 5.32 Å². The zero-order valence-electron chi connectivity index (χ0n) is 11.8. The van der Waals surface area contributed by atoms with E-state index in [4.69, 9.17) is 5.26 Å². The first kappa shape index (κ1) is 15.9. The molecule has 0 bridgehead atoms. The summed E-state index contributed by atoms with van der Waals surface area (Å²) in [5, 5.41) is 12.2. The summed E-state index contributed by atoms with van der Waals surface area (Å²) in [6, 6.07) is 5.19. The molecule has 1 aromatic carbocycles. The van der Waals surface area contributed by atoms with E-state index in [1.54, 1.807) is 13.0 Å². The number of nitriles is 1. The number of hydrogen-bond acceptors (Lipinski definition) is 4. The van der Waals surface area contributed by atoms with Crippen LogP contribution in [-0.2, 0) is 10.0 Å². The quantitative estimate of drug-likeness (QED) is 0.913. The molecule has 2 rings (SSSR count).